The van der Waals surface area contributed by atoms with Gasteiger partial charge in [-0.1, -0.05) is 62.1 Å². The lowest BCUT2D eigenvalue weighted by Crippen LogP contribution is -2.46. The van der Waals surface area contributed by atoms with Crippen LogP contribution in [0.1, 0.15) is 65.0 Å². The lowest BCUT2D eigenvalue weighted by Gasteiger charge is -2.30. The Hall–Kier alpha value is -3.75. The number of aliphatic hydroxyl groups excluding tert-OH is 2. The fourth-order valence-corrected chi connectivity index (χ4v) is 9.12. The molecule has 1 aliphatic heterocycles. The number of ether oxygens (including phenoxy) is 1. The van der Waals surface area contributed by atoms with Gasteiger partial charge in [-0.3, -0.25) is 37.3 Å². The van der Waals surface area contributed by atoms with E-state index < -0.39 is 90.5 Å². The standard InChI is InChI=1S/C35H54N7O19P3S/c1-35(2,30(48)33(49)38-16-15-24(43)37-17-18-65-26(46)14-12-10-8-6-4-3-5-7-9-11-13-25(44)45)20-58-64(55,56)61-63(53,54)57-19-23-29(60-62(50,51)52)28(47)34(59-23)42-22-41-27-31(36)39-21-40-32(27)42/h3,5-6,8-9,11,21-23,28-30,34,47-48H,4,7,10,12-20H2,1-2H3,(H,37,43)(H,38,49)(H,44,45)(H,53,54)(H,55,56)(H2,36,39,40)(H2,50,51,52)/b5-3+,8-6+,11-9+. The van der Waals surface area contributed by atoms with Crippen molar-refractivity contribution in [1.82, 2.24) is 30.2 Å². The molecule has 11 N–H and O–H groups in total. The first-order chi connectivity index (χ1) is 30.4. The van der Waals surface area contributed by atoms with E-state index in [1.165, 1.54) is 13.8 Å². The quantitative estimate of drug-likeness (QED) is 0.0315. The summed E-state index contributed by atoms with van der Waals surface area (Å²) in [5.41, 5.74) is 4.24. The summed E-state index contributed by atoms with van der Waals surface area (Å²) in [5, 5.41) is 35.0. The summed E-state index contributed by atoms with van der Waals surface area (Å²) in [6.07, 6.45) is 7.32. The van der Waals surface area contributed by atoms with Gasteiger partial charge in [0.1, 0.15) is 36.3 Å². The fraction of sp³-hybridized carbons (Fsp3) is 0.571. The monoisotopic (exact) mass is 1000 g/mol. The predicted molar refractivity (Wildman–Crippen MR) is 230 cm³/mol. The second-order valence-electron chi connectivity index (χ2n) is 14.7. The van der Waals surface area contributed by atoms with Crippen molar-refractivity contribution in [3.8, 4) is 0 Å². The number of carbonyl (C=O) groups excluding carboxylic acids is 3. The van der Waals surface area contributed by atoms with Gasteiger partial charge in [-0.2, -0.15) is 4.31 Å². The number of carbonyl (C=O) groups is 4. The first kappa shape index (κ1) is 55.6. The molecule has 2 amide bonds. The maximum absolute atomic E-state index is 12.7. The molecule has 1 fully saturated rings. The number of aliphatic carboxylic acids is 1. The number of anilines is 1. The molecule has 3 rings (SSSR count). The number of hydrogen-bond acceptors (Lipinski definition) is 19. The Labute approximate surface area is 376 Å². The van der Waals surface area contributed by atoms with Crippen LogP contribution in [-0.2, 0) is 55.5 Å². The minimum atomic E-state index is -5.59. The number of carboxylic acid groups (broad SMARTS) is 1. The first-order valence-electron chi connectivity index (χ1n) is 19.6. The van der Waals surface area contributed by atoms with E-state index in [4.69, 9.17) is 24.6 Å². The maximum Gasteiger partial charge on any atom is 0.481 e. The molecule has 1 aliphatic rings. The number of aliphatic hydroxyl groups is 2. The number of fused-ring (bicyclic) bond motifs is 1. The predicted octanol–water partition coefficient (Wildman–Crippen LogP) is 1.76. The Balaban J connectivity index is 1.35. The molecule has 364 valence electrons. The van der Waals surface area contributed by atoms with Crippen LogP contribution in [0.15, 0.2) is 49.1 Å². The number of nitrogen functional groups attached to an aromatic ring is 1. The molecule has 0 radical (unpaired) electrons. The van der Waals surface area contributed by atoms with Crippen molar-refractivity contribution in [2.24, 2.45) is 5.41 Å². The van der Waals surface area contributed by atoms with Gasteiger partial charge in [0.15, 0.2) is 22.8 Å². The van der Waals surface area contributed by atoms with Crippen molar-refractivity contribution < 1.29 is 90.4 Å². The molecule has 65 heavy (non-hydrogen) atoms. The summed E-state index contributed by atoms with van der Waals surface area (Å²) >= 11 is 1.07. The molecular formula is C35H54N7O19P3S. The number of aromatic nitrogens is 4. The SMILES string of the molecule is CC(C)(COP(=O)(O)OP(=O)(O)OCC1OC(n2cnc3c(N)ncnc32)C(O)C1OP(=O)(O)O)C(O)C(=O)NCCC(=O)NCCSC(=O)CCC/C=C/C/C=C/C/C=C/CC(=O)O. The van der Waals surface area contributed by atoms with Crippen LogP contribution in [0, 0.1) is 5.41 Å². The normalized spacial score (nSPS) is 20.6. The molecule has 7 atom stereocenters. The summed E-state index contributed by atoms with van der Waals surface area (Å²) in [4.78, 5) is 98.5. The van der Waals surface area contributed by atoms with Crippen molar-refractivity contribution >= 4 is 75.1 Å². The number of rotatable bonds is 29. The van der Waals surface area contributed by atoms with Crippen molar-refractivity contribution in [3.05, 3.63) is 49.1 Å². The third-order valence-electron chi connectivity index (χ3n) is 8.85. The fourth-order valence-electron chi connectivity index (χ4n) is 5.58. The zero-order valence-electron chi connectivity index (χ0n) is 35.1. The van der Waals surface area contributed by atoms with Crippen molar-refractivity contribution in [1.29, 1.82) is 0 Å². The van der Waals surface area contributed by atoms with Crippen LogP contribution in [0.3, 0.4) is 0 Å². The van der Waals surface area contributed by atoms with Gasteiger partial charge in [-0.05, 0) is 25.7 Å². The molecule has 0 spiro atoms. The largest absolute Gasteiger partial charge is 0.481 e. The van der Waals surface area contributed by atoms with Gasteiger partial charge in [-0.15, -0.1) is 0 Å². The molecule has 30 heteroatoms. The highest BCUT2D eigenvalue weighted by molar-refractivity contribution is 8.13. The van der Waals surface area contributed by atoms with Crippen LogP contribution < -0.4 is 16.4 Å². The minimum absolute atomic E-state index is 0.00624. The average molecular weight is 1000 g/mol. The minimum Gasteiger partial charge on any atom is -0.481 e. The Morgan fingerprint density at radius 3 is 2.29 bits per heavy atom. The number of phosphoric acid groups is 3. The summed E-state index contributed by atoms with van der Waals surface area (Å²) in [6, 6.07) is 0. The lowest BCUT2D eigenvalue weighted by atomic mass is 9.87. The van der Waals surface area contributed by atoms with Gasteiger partial charge in [0.05, 0.1) is 26.0 Å². The van der Waals surface area contributed by atoms with Gasteiger partial charge in [0, 0.05) is 37.1 Å². The summed E-state index contributed by atoms with van der Waals surface area (Å²) in [5.74, 6) is -2.04. The topological polar surface area (TPSA) is 401 Å². The van der Waals surface area contributed by atoms with Crippen LogP contribution >= 0.6 is 35.2 Å². The van der Waals surface area contributed by atoms with Crippen LogP contribution in [0.2, 0.25) is 0 Å². The molecule has 2 aromatic rings. The van der Waals surface area contributed by atoms with E-state index in [2.05, 4.69) is 34.4 Å². The van der Waals surface area contributed by atoms with Gasteiger partial charge in [0.2, 0.25) is 11.8 Å². The number of hydrogen-bond donors (Lipinski definition) is 10. The van der Waals surface area contributed by atoms with E-state index in [0.29, 0.717) is 25.0 Å². The molecule has 0 bridgehead atoms. The van der Waals surface area contributed by atoms with Crippen molar-refractivity contribution in [3.63, 3.8) is 0 Å². The molecule has 0 aliphatic carbocycles. The second-order valence-corrected chi connectivity index (χ2v) is 20.1. The molecule has 0 saturated carbocycles. The molecule has 1 saturated heterocycles. The summed E-state index contributed by atoms with van der Waals surface area (Å²) in [6.45, 7) is 0.417. The highest BCUT2D eigenvalue weighted by atomic mass is 32.2. The Morgan fingerprint density at radius 2 is 1.62 bits per heavy atom. The van der Waals surface area contributed by atoms with E-state index in [1.807, 2.05) is 24.3 Å². The highest BCUT2D eigenvalue weighted by Gasteiger charge is 2.50. The highest BCUT2D eigenvalue weighted by Crippen LogP contribution is 2.61. The molecular weight excluding hydrogens is 947 g/mol. The zero-order chi connectivity index (χ0) is 48.4. The van der Waals surface area contributed by atoms with Crippen LogP contribution in [0.4, 0.5) is 5.82 Å². The molecule has 7 unspecified atom stereocenters. The summed E-state index contributed by atoms with van der Waals surface area (Å²) < 4.78 is 62.3. The van der Waals surface area contributed by atoms with E-state index >= 15 is 0 Å². The Morgan fingerprint density at radius 1 is 0.954 bits per heavy atom. The van der Waals surface area contributed by atoms with Gasteiger partial charge >= 0.3 is 29.4 Å². The number of unbranched alkanes of at least 4 members (excludes halogenated alkanes) is 1. The second kappa shape index (κ2) is 26.0. The maximum atomic E-state index is 12.7. The number of nitrogens with one attached hydrogen (secondary N) is 2. The molecule has 2 aromatic heterocycles. The number of amides is 2. The average Bonchev–Trinajstić information content (AvgIpc) is 3.77. The van der Waals surface area contributed by atoms with E-state index in [-0.39, 0.29) is 48.0 Å². The van der Waals surface area contributed by atoms with Gasteiger partial charge in [-0.25, -0.2) is 28.6 Å². The lowest BCUT2D eigenvalue weighted by molar-refractivity contribution is -0.137. The number of imidazole rings is 1. The van der Waals surface area contributed by atoms with Crippen molar-refractivity contribution in [2.75, 3.05) is 37.8 Å². The Kier molecular flexibility index (Phi) is 22.2. The van der Waals surface area contributed by atoms with Gasteiger partial charge < -0.3 is 56.0 Å². The van der Waals surface area contributed by atoms with E-state index in [9.17, 15) is 62.7 Å². The number of carboxylic acids is 1. The molecule has 26 nitrogen and oxygen atoms in total. The number of nitrogens with zero attached hydrogens (tertiary/aromatic N) is 4. The van der Waals surface area contributed by atoms with E-state index in [0.717, 1.165) is 41.8 Å². The third-order valence-corrected chi connectivity index (χ3v) is 12.9. The number of allylic oxidation sites excluding steroid dienone is 5. The van der Waals surface area contributed by atoms with Crippen LogP contribution in [-0.4, -0.2) is 134 Å². The van der Waals surface area contributed by atoms with Crippen LogP contribution in [0.25, 0.3) is 11.2 Å². The summed E-state index contributed by atoms with van der Waals surface area (Å²) in [7, 11) is -16.4. The Bertz CT molecular complexity index is 2170. The molecule has 0 aromatic carbocycles. The van der Waals surface area contributed by atoms with Crippen LogP contribution in [0.5, 0.6) is 0 Å². The first-order valence-corrected chi connectivity index (χ1v) is 25.1. The third kappa shape index (κ3) is 19.9. The number of nitrogens with two attached hydrogens (primary N) is 1. The van der Waals surface area contributed by atoms with Crippen molar-refractivity contribution in [2.45, 2.75) is 89.4 Å². The smallest absolute Gasteiger partial charge is 0.481 e. The molecule has 3 heterocycles. The zero-order valence-corrected chi connectivity index (χ0v) is 38.6. The number of phosphoric ester groups is 3. The van der Waals surface area contributed by atoms with E-state index in [1.54, 1.807) is 12.2 Å². The number of thioether (sulfide) groups is 1. The van der Waals surface area contributed by atoms with Gasteiger partial charge in [0.25, 0.3) is 0 Å².